The quantitative estimate of drug-likeness (QED) is 0.745. The Bertz CT molecular complexity index is 570. The zero-order valence-electron chi connectivity index (χ0n) is 10.5. The standard InChI is InChI=1S/C16H15FO/c1-3-12-4-6-13(7-5-12)16(18)15-9-8-14(17)10-11(15)2/h4-10H,3H2,1-2H3. The van der Waals surface area contributed by atoms with E-state index in [1.807, 2.05) is 24.3 Å². The molecule has 0 heterocycles. The largest absolute Gasteiger partial charge is 0.289 e. The van der Waals surface area contributed by atoms with Crippen molar-refractivity contribution in [3.05, 3.63) is 70.5 Å². The molecule has 0 radical (unpaired) electrons. The van der Waals surface area contributed by atoms with E-state index in [2.05, 4.69) is 6.92 Å². The Balaban J connectivity index is 2.35. The molecular weight excluding hydrogens is 227 g/mol. The van der Waals surface area contributed by atoms with Crippen LogP contribution in [0.5, 0.6) is 0 Å². The molecule has 0 unspecified atom stereocenters. The molecule has 0 aliphatic rings. The van der Waals surface area contributed by atoms with Gasteiger partial charge in [-0.3, -0.25) is 4.79 Å². The van der Waals surface area contributed by atoms with E-state index in [9.17, 15) is 9.18 Å². The molecule has 0 fully saturated rings. The summed E-state index contributed by atoms with van der Waals surface area (Å²) in [6.45, 7) is 3.82. The molecule has 0 saturated carbocycles. The van der Waals surface area contributed by atoms with Crippen LogP contribution in [-0.2, 0) is 6.42 Å². The minimum absolute atomic E-state index is 0.0600. The Morgan fingerprint density at radius 3 is 2.33 bits per heavy atom. The van der Waals surface area contributed by atoms with Gasteiger partial charge in [-0.2, -0.15) is 0 Å². The summed E-state index contributed by atoms with van der Waals surface area (Å²) in [4.78, 5) is 12.3. The SMILES string of the molecule is CCc1ccc(C(=O)c2ccc(F)cc2C)cc1. The second-order valence-electron chi connectivity index (χ2n) is 4.34. The highest BCUT2D eigenvalue weighted by Crippen LogP contribution is 2.16. The van der Waals surface area contributed by atoms with Crippen molar-refractivity contribution >= 4 is 5.78 Å². The molecule has 2 heteroatoms. The molecule has 92 valence electrons. The van der Waals surface area contributed by atoms with E-state index in [1.54, 1.807) is 13.0 Å². The van der Waals surface area contributed by atoms with Gasteiger partial charge in [-0.15, -0.1) is 0 Å². The van der Waals surface area contributed by atoms with Gasteiger partial charge in [-0.1, -0.05) is 31.2 Å². The Morgan fingerprint density at radius 2 is 1.78 bits per heavy atom. The lowest BCUT2D eigenvalue weighted by molar-refractivity contribution is 0.103. The lowest BCUT2D eigenvalue weighted by atomic mass is 9.98. The van der Waals surface area contributed by atoms with Gasteiger partial charge in [0, 0.05) is 11.1 Å². The van der Waals surface area contributed by atoms with E-state index >= 15 is 0 Å². The van der Waals surface area contributed by atoms with Crippen LogP contribution in [0, 0.1) is 12.7 Å². The van der Waals surface area contributed by atoms with Gasteiger partial charge in [-0.05, 0) is 42.7 Å². The zero-order valence-corrected chi connectivity index (χ0v) is 10.5. The number of halogens is 1. The lowest BCUT2D eigenvalue weighted by Crippen LogP contribution is -2.04. The van der Waals surface area contributed by atoms with Crippen LogP contribution < -0.4 is 0 Å². The van der Waals surface area contributed by atoms with Crippen LogP contribution in [0.1, 0.15) is 34.0 Å². The van der Waals surface area contributed by atoms with Gasteiger partial charge in [0.05, 0.1) is 0 Å². The fourth-order valence-corrected chi connectivity index (χ4v) is 1.93. The molecule has 2 rings (SSSR count). The molecule has 0 bridgehead atoms. The van der Waals surface area contributed by atoms with Crippen LogP contribution in [0.4, 0.5) is 4.39 Å². The summed E-state index contributed by atoms with van der Waals surface area (Å²) in [6, 6.07) is 11.8. The van der Waals surface area contributed by atoms with Crippen molar-refractivity contribution in [1.29, 1.82) is 0 Å². The first-order chi connectivity index (χ1) is 8.61. The van der Waals surface area contributed by atoms with Gasteiger partial charge < -0.3 is 0 Å². The number of hydrogen-bond acceptors (Lipinski definition) is 1. The van der Waals surface area contributed by atoms with Crippen LogP contribution in [0.3, 0.4) is 0 Å². The first-order valence-corrected chi connectivity index (χ1v) is 6.01. The molecule has 0 amide bonds. The third kappa shape index (κ3) is 2.48. The Labute approximate surface area is 106 Å². The van der Waals surface area contributed by atoms with Crippen molar-refractivity contribution < 1.29 is 9.18 Å². The molecule has 0 aliphatic carbocycles. The third-order valence-corrected chi connectivity index (χ3v) is 3.06. The van der Waals surface area contributed by atoms with Gasteiger partial charge in [0.2, 0.25) is 0 Å². The topological polar surface area (TPSA) is 17.1 Å². The monoisotopic (exact) mass is 242 g/mol. The van der Waals surface area contributed by atoms with E-state index in [0.29, 0.717) is 16.7 Å². The first-order valence-electron chi connectivity index (χ1n) is 6.01. The highest BCUT2D eigenvalue weighted by Gasteiger charge is 2.11. The van der Waals surface area contributed by atoms with E-state index in [-0.39, 0.29) is 11.6 Å². The van der Waals surface area contributed by atoms with E-state index in [1.165, 1.54) is 17.7 Å². The summed E-state index contributed by atoms with van der Waals surface area (Å²) in [7, 11) is 0. The summed E-state index contributed by atoms with van der Waals surface area (Å²) in [5.74, 6) is -0.375. The normalized spacial score (nSPS) is 10.4. The molecule has 0 atom stereocenters. The second kappa shape index (κ2) is 5.13. The predicted octanol–water partition coefficient (Wildman–Crippen LogP) is 3.93. The molecule has 0 N–H and O–H groups in total. The number of ketones is 1. The third-order valence-electron chi connectivity index (χ3n) is 3.06. The summed E-state index contributed by atoms with van der Waals surface area (Å²) in [5.41, 5.74) is 3.06. The van der Waals surface area contributed by atoms with Crippen LogP contribution in [0.15, 0.2) is 42.5 Å². The van der Waals surface area contributed by atoms with Gasteiger partial charge in [0.1, 0.15) is 5.82 Å². The number of carbonyl (C=O) groups excluding carboxylic acids is 1. The molecule has 2 aromatic rings. The van der Waals surface area contributed by atoms with Crippen molar-refractivity contribution in [3.63, 3.8) is 0 Å². The fraction of sp³-hybridized carbons (Fsp3) is 0.188. The molecular formula is C16H15FO. The number of rotatable bonds is 3. The summed E-state index contributed by atoms with van der Waals surface area (Å²) >= 11 is 0. The smallest absolute Gasteiger partial charge is 0.193 e. The zero-order chi connectivity index (χ0) is 13.1. The molecule has 0 aromatic heterocycles. The Kier molecular flexibility index (Phi) is 3.56. The minimum Gasteiger partial charge on any atom is -0.289 e. The van der Waals surface area contributed by atoms with Crippen molar-refractivity contribution in [2.75, 3.05) is 0 Å². The van der Waals surface area contributed by atoms with Crippen molar-refractivity contribution in [1.82, 2.24) is 0 Å². The van der Waals surface area contributed by atoms with E-state index in [4.69, 9.17) is 0 Å². The fourth-order valence-electron chi connectivity index (χ4n) is 1.93. The molecule has 2 aromatic carbocycles. The number of aryl methyl sites for hydroxylation is 2. The molecule has 0 aliphatic heterocycles. The van der Waals surface area contributed by atoms with Crippen LogP contribution in [0.2, 0.25) is 0 Å². The van der Waals surface area contributed by atoms with Crippen molar-refractivity contribution in [2.45, 2.75) is 20.3 Å². The van der Waals surface area contributed by atoms with Gasteiger partial charge in [-0.25, -0.2) is 4.39 Å². The highest BCUT2D eigenvalue weighted by atomic mass is 19.1. The summed E-state index contributed by atoms with van der Waals surface area (Å²) in [5, 5.41) is 0. The number of carbonyl (C=O) groups is 1. The van der Waals surface area contributed by atoms with E-state index in [0.717, 1.165) is 6.42 Å². The first kappa shape index (κ1) is 12.5. The number of benzene rings is 2. The maximum atomic E-state index is 13.0. The van der Waals surface area contributed by atoms with Crippen LogP contribution in [0.25, 0.3) is 0 Å². The van der Waals surface area contributed by atoms with E-state index < -0.39 is 0 Å². The highest BCUT2D eigenvalue weighted by molar-refractivity contribution is 6.09. The van der Waals surface area contributed by atoms with Crippen molar-refractivity contribution in [3.8, 4) is 0 Å². The maximum Gasteiger partial charge on any atom is 0.193 e. The molecule has 18 heavy (non-hydrogen) atoms. The molecule has 0 spiro atoms. The van der Waals surface area contributed by atoms with Crippen molar-refractivity contribution in [2.24, 2.45) is 0 Å². The Morgan fingerprint density at radius 1 is 1.11 bits per heavy atom. The summed E-state index contributed by atoms with van der Waals surface area (Å²) < 4.78 is 13.0. The molecule has 0 saturated heterocycles. The lowest BCUT2D eigenvalue weighted by Gasteiger charge is -2.06. The number of hydrogen-bond donors (Lipinski definition) is 0. The Hall–Kier alpha value is -1.96. The molecule has 1 nitrogen and oxygen atoms in total. The average Bonchev–Trinajstić information content (AvgIpc) is 2.38. The van der Waals surface area contributed by atoms with Crippen LogP contribution >= 0.6 is 0 Å². The minimum atomic E-state index is -0.314. The second-order valence-corrected chi connectivity index (χ2v) is 4.34. The van der Waals surface area contributed by atoms with Gasteiger partial charge >= 0.3 is 0 Å². The summed E-state index contributed by atoms with van der Waals surface area (Å²) in [6.07, 6.45) is 0.948. The van der Waals surface area contributed by atoms with Gasteiger partial charge in [0.25, 0.3) is 0 Å². The maximum absolute atomic E-state index is 13.0. The average molecular weight is 242 g/mol. The van der Waals surface area contributed by atoms with Gasteiger partial charge in [0.15, 0.2) is 5.78 Å². The predicted molar refractivity (Wildman–Crippen MR) is 70.4 cm³/mol. The van der Waals surface area contributed by atoms with Crippen LogP contribution in [-0.4, -0.2) is 5.78 Å².